The van der Waals surface area contributed by atoms with Gasteiger partial charge in [-0.3, -0.25) is 14.4 Å². The summed E-state index contributed by atoms with van der Waals surface area (Å²) in [7, 11) is -1.52. The molecular weight excluding hydrogens is 322 g/mol. The van der Waals surface area contributed by atoms with Gasteiger partial charge in [0.05, 0.1) is 29.1 Å². The lowest BCUT2D eigenvalue weighted by atomic mass is 10.2. The van der Waals surface area contributed by atoms with Crippen molar-refractivity contribution in [3.63, 3.8) is 0 Å². The number of benzene rings is 1. The van der Waals surface area contributed by atoms with E-state index in [1.54, 1.807) is 0 Å². The highest BCUT2D eigenvalue weighted by molar-refractivity contribution is 7.89. The zero-order valence-corrected chi connectivity index (χ0v) is 12.9. The number of sulfonamides is 1. The molecule has 0 saturated carbocycles. The Bertz CT molecular complexity index is 662. The second-order valence-corrected chi connectivity index (χ2v) is 6.23. The zero-order valence-electron chi connectivity index (χ0n) is 11.3. The third-order valence-electron chi connectivity index (χ3n) is 2.50. The van der Waals surface area contributed by atoms with Gasteiger partial charge < -0.3 is 11.1 Å². The summed E-state index contributed by atoms with van der Waals surface area (Å²) in [4.78, 5) is 26.9. The molecule has 0 saturated heterocycles. The molecule has 3 N–H and O–H groups in total. The number of hydrogen-bond acceptors (Lipinski definition) is 5. The van der Waals surface area contributed by atoms with Crippen LogP contribution in [0, 0.1) is 0 Å². The van der Waals surface area contributed by atoms with Crippen LogP contribution in [0.4, 0.5) is 0 Å². The Kier molecular flexibility index (Phi) is 5.67. The summed E-state index contributed by atoms with van der Waals surface area (Å²) in [6.45, 7) is -0.385. The van der Waals surface area contributed by atoms with Crippen molar-refractivity contribution in [3.05, 3.63) is 28.8 Å². The van der Waals surface area contributed by atoms with Gasteiger partial charge in [-0.25, -0.2) is 8.42 Å². The molecule has 10 heteroatoms. The van der Waals surface area contributed by atoms with E-state index in [1.165, 1.54) is 26.3 Å². The van der Waals surface area contributed by atoms with Crippen LogP contribution in [-0.4, -0.2) is 45.4 Å². The molecule has 8 nitrogen and oxygen atoms in total. The first-order valence-electron chi connectivity index (χ1n) is 5.59. The van der Waals surface area contributed by atoms with E-state index >= 15 is 0 Å². The SMILES string of the molecule is CON(C)S(=O)(=O)c1ccc(Cl)c(C(=O)NCC(N)=O)c1. The quantitative estimate of drug-likeness (QED) is 0.694. The predicted octanol–water partition coefficient (Wildman–Crippen LogP) is -0.263. The molecule has 0 aliphatic heterocycles. The summed E-state index contributed by atoms with van der Waals surface area (Å²) >= 11 is 5.85. The van der Waals surface area contributed by atoms with Crippen LogP contribution >= 0.6 is 11.6 Å². The third kappa shape index (κ3) is 4.14. The number of nitrogens with one attached hydrogen (secondary N) is 1. The number of nitrogens with two attached hydrogens (primary N) is 1. The first kappa shape index (κ1) is 17.4. The van der Waals surface area contributed by atoms with Crippen molar-refractivity contribution >= 4 is 33.4 Å². The molecule has 0 heterocycles. The van der Waals surface area contributed by atoms with Crippen LogP contribution < -0.4 is 11.1 Å². The number of nitrogens with zero attached hydrogens (tertiary/aromatic N) is 1. The Morgan fingerprint density at radius 3 is 2.57 bits per heavy atom. The number of hydroxylamine groups is 1. The highest BCUT2D eigenvalue weighted by Gasteiger charge is 2.23. The Morgan fingerprint density at radius 1 is 1.43 bits per heavy atom. The van der Waals surface area contributed by atoms with E-state index in [-0.39, 0.29) is 22.0 Å². The van der Waals surface area contributed by atoms with Crippen LogP contribution in [0.25, 0.3) is 0 Å². The van der Waals surface area contributed by atoms with Crippen LogP contribution in [0.2, 0.25) is 5.02 Å². The molecular formula is C11H14ClN3O5S. The molecule has 0 atom stereocenters. The van der Waals surface area contributed by atoms with Gasteiger partial charge in [-0.2, -0.15) is 0 Å². The monoisotopic (exact) mass is 335 g/mol. The highest BCUT2D eigenvalue weighted by Crippen LogP contribution is 2.22. The van der Waals surface area contributed by atoms with Gasteiger partial charge in [-0.15, -0.1) is 0 Å². The fraction of sp³-hybridized carbons (Fsp3) is 0.273. The molecule has 1 rings (SSSR count). The standard InChI is InChI=1S/C11H14ClN3O5S/c1-15(20-2)21(18,19)7-3-4-9(12)8(5-7)11(17)14-6-10(13)16/h3-5H,6H2,1-2H3,(H2,13,16)(H,14,17). The highest BCUT2D eigenvalue weighted by atomic mass is 35.5. The molecule has 0 aromatic heterocycles. The summed E-state index contributed by atoms with van der Waals surface area (Å²) < 4.78 is 24.8. The lowest BCUT2D eigenvalue weighted by Gasteiger charge is -2.15. The van der Waals surface area contributed by atoms with E-state index < -0.39 is 21.8 Å². The normalized spacial score (nSPS) is 11.4. The number of hydrogen-bond donors (Lipinski definition) is 2. The molecule has 21 heavy (non-hydrogen) atoms. The molecule has 0 spiro atoms. The predicted molar refractivity (Wildman–Crippen MR) is 74.9 cm³/mol. The van der Waals surface area contributed by atoms with Crippen molar-refractivity contribution in [2.75, 3.05) is 20.7 Å². The van der Waals surface area contributed by atoms with Crippen molar-refractivity contribution in [2.45, 2.75) is 4.90 Å². The minimum atomic E-state index is -3.91. The summed E-state index contributed by atoms with van der Waals surface area (Å²) in [5.74, 6) is -1.45. The van der Waals surface area contributed by atoms with Crippen LogP contribution in [0.5, 0.6) is 0 Å². The molecule has 0 aliphatic carbocycles. The van der Waals surface area contributed by atoms with Crippen molar-refractivity contribution in [3.8, 4) is 0 Å². The van der Waals surface area contributed by atoms with Crippen molar-refractivity contribution < 1.29 is 22.8 Å². The number of halogens is 1. The number of primary amides is 1. The van der Waals surface area contributed by atoms with Crippen molar-refractivity contribution in [1.29, 1.82) is 0 Å². The van der Waals surface area contributed by atoms with Gasteiger partial charge >= 0.3 is 0 Å². The van der Waals surface area contributed by atoms with Crippen LogP contribution in [-0.2, 0) is 19.7 Å². The second kappa shape index (κ2) is 6.85. The second-order valence-electron chi connectivity index (χ2n) is 3.89. The summed E-state index contributed by atoms with van der Waals surface area (Å²) in [5.41, 5.74) is 4.81. The molecule has 2 amide bonds. The topological polar surface area (TPSA) is 119 Å². The third-order valence-corrected chi connectivity index (χ3v) is 4.50. The van der Waals surface area contributed by atoms with Gasteiger partial charge in [0.15, 0.2) is 0 Å². The molecule has 0 bridgehead atoms. The van der Waals surface area contributed by atoms with E-state index in [9.17, 15) is 18.0 Å². The number of rotatable bonds is 6. The molecule has 0 unspecified atom stereocenters. The van der Waals surface area contributed by atoms with E-state index in [0.717, 1.165) is 6.07 Å². The Hall–Kier alpha value is -1.68. The maximum absolute atomic E-state index is 12.1. The number of carbonyl (C=O) groups is 2. The smallest absolute Gasteiger partial charge is 0.264 e. The van der Waals surface area contributed by atoms with Crippen LogP contribution in [0.1, 0.15) is 10.4 Å². The molecule has 0 aliphatic rings. The largest absolute Gasteiger partial charge is 0.368 e. The summed E-state index contributed by atoms with van der Waals surface area (Å²) in [6.07, 6.45) is 0. The number of amides is 2. The lowest BCUT2D eigenvalue weighted by molar-refractivity contribution is -0.117. The first-order valence-corrected chi connectivity index (χ1v) is 7.41. The van der Waals surface area contributed by atoms with Gasteiger partial charge in [0.25, 0.3) is 15.9 Å². The lowest BCUT2D eigenvalue weighted by Crippen LogP contribution is -2.33. The first-order chi connectivity index (χ1) is 9.70. The zero-order chi connectivity index (χ0) is 16.2. The molecule has 0 fully saturated rings. The number of carbonyl (C=O) groups excluding carboxylic acids is 2. The van der Waals surface area contributed by atoms with Crippen LogP contribution in [0.15, 0.2) is 23.1 Å². The van der Waals surface area contributed by atoms with Crippen molar-refractivity contribution in [2.24, 2.45) is 5.73 Å². The average Bonchev–Trinajstić information content (AvgIpc) is 2.43. The van der Waals surface area contributed by atoms with E-state index in [4.69, 9.17) is 17.3 Å². The Balaban J connectivity index is 3.17. The van der Waals surface area contributed by atoms with E-state index in [1.807, 2.05) is 0 Å². The fourth-order valence-corrected chi connectivity index (χ4v) is 2.55. The van der Waals surface area contributed by atoms with Gasteiger partial charge in [-0.05, 0) is 18.2 Å². The van der Waals surface area contributed by atoms with Gasteiger partial charge in [0, 0.05) is 7.05 Å². The van der Waals surface area contributed by atoms with Gasteiger partial charge in [-0.1, -0.05) is 16.1 Å². The minimum absolute atomic E-state index is 0.0380. The molecule has 0 radical (unpaired) electrons. The maximum atomic E-state index is 12.1. The van der Waals surface area contributed by atoms with E-state index in [0.29, 0.717) is 4.47 Å². The maximum Gasteiger partial charge on any atom is 0.264 e. The Morgan fingerprint density at radius 2 is 2.05 bits per heavy atom. The average molecular weight is 336 g/mol. The fourth-order valence-electron chi connectivity index (χ4n) is 1.35. The molecule has 1 aromatic rings. The molecule has 116 valence electrons. The molecule has 1 aromatic carbocycles. The van der Waals surface area contributed by atoms with Gasteiger partial charge in [0.2, 0.25) is 5.91 Å². The summed E-state index contributed by atoms with van der Waals surface area (Å²) in [5, 5.41) is 2.26. The van der Waals surface area contributed by atoms with E-state index in [2.05, 4.69) is 10.2 Å². The van der Waals surface area contributed by atoms with Gasteiger partial charge in [0.1, 0.15) is 0 Å². The van der Waals surface area contributed by atoms with Crippen molar-refractivity contribution in [1.82, 2.24) is 9.79 Å². The minimum Gasteiger partial charge on any atom is -0.368 e. The van der Waals surface area contributed by atoms with Crippen LogP contribution in [0.3, 0.4) is 0 Å². The summed E-state index contributed by atoms with van der Waals surface area (Å²) in [6, 6.07) is 3.58. The Labute approximate surface area is 126 Å².